The summed E-state index contributed by atoms with van der Waals surface area (Å²) in [6.45, 7) is 5.39. The van der Waals surface area contributed by atoms with Gasteiger partial charge in [0.2, 0.25) is 11.8 Å². The van der Waals surface area contributed by atoms with Gasteiger partial charge in [-0.05, 0) is 36.8 Å². The van der Waals surface area contributed by atoms with E-state index >= 15 is 0 Å². The molecule has 1 saturated carbocycles. The Morgan fingerprint density at radius 2 is 1.96 bits per heavy atom. The SMILES string of the molecule is CNC(=O)C1COC2(CN(C(=O)Cc3ccccc3C)C2)CN1CC1CC1. The van der Waals surface area contributed by atoms with E-state index in [1.165, 1.54) is 12.8 Å². The summed E-state index contributed by atoms with van der Waals surface area (Å²) >= 11 is 0. The summed E-state index contributed by atoms with van der Waals surface area (Å²) in [7, 11) is 1.68. The van der Waals surface area contributed by atoms with Gasteiger partial charge >= 0.3 is 0 Å². The van der Waals surface area contributed by atoms with Crippen molar-refractivity contribution in [3.8, 4) is 0 Å². The number of likely N-dealkylation sites (tertiary alicyclic amines) is 1. The van der Waals surface area contributed by atoms with Crippen LogP contribution in [0.5, 0.6) is 0 Å². The summed E-state index contributed by atoms with van der Waals surface area (Å²) in [6.07, 6.45) is 2.95. The van der Waals surface area contributed by atoms with Crippen molar-refractivity contribution in [2.45, 2.75) is 37.8 Å². The number of aryl methyl sites for hydroxylation is 1. The molecular formula is C21H29N3O3. The molecule has 1 aromatic rings. The number of benzene rings is 1. The Hall–Kier alpha value is -1.92. The molecule has 4 rings (SSSR count). The lowest BCUT2D eigenvalue weighted by atomic mass is 9.89. The summed E-state index contributed by atoms with van der Waals surface area (Å²) in [4.78, 5) is 29.0. The Balaban J connectivity index is 1.36. The minimum Gasteiger partial charge on any atom is -0.368 e. The quantitative estimate of drug-likeness (QED) is 0.838. The molecule has 0 radical (unpaired) electrons. The maximum atomic E-state index is 12.7. The van der Waals surface area contributed by atoms with Crippen molar-refractivity contribution in [1.29, 1.82) is 0 Å². The minimum atomic E-state index is -0.305. The molecule has 2 saturated heterocycles. The third-order valence-electron chi connectivity index (χ3n) is 6.13. The average Bonchev–Trinajstić information content (AvgIpc) is 3.45. The molecule has 1 atom stereocenters. The van der Waals surface area contributed by atoms with Crippen LogP contribution in [0.1, 0.15) is 24.0 Å². The molecule has 3 fully saturated rings. The van der Waals surface area contributed by atoms with Crippen LogP contribution in [0.15, 0.2) is 24.3 Å². The first-order valence-electron chi connectivity index (χ1n) is 9.91. The van der Waals surface area contributed by atoms with Crippen LogP contribution in [0.25, 0.3) is 0 Å². The monoisotopic (exact) mass is 371 g/mol. The normalized spacial score (nSPS) is 24.5. The highest BCUT2D eigenvalue weighted by Gasteiger charge is 2.52. The molecule has 1 spiro atoms. The maximum Gasteiger partial charge on any atom is 0.239 e. The molecule has 0 aromatic heterocycles. The summed E-state index contributed by atoms with van der Waals surface area (Å²) < 4.78 is 6.13. The summed E-state index contributed by atoms with van der Waals surface area (Å²) in [5.74, 6) is 0.893. The van der Waals surface area contributed by atoms with Gasteiger partial charge in [-0.3, -0.25) is 14.5 Å². The fourth-order valence-corrected chi connectivity index (χ4v) is 4.22. The molecule has 1 aromatic carbocycles. The van der Waals surface area contributed by atoms with E-state index in [1.54, 1.807) is 7.05 Å². The van der Waals surface area contributed by atoms with E-state index in [1.807, 2.05) is 36.1 Å². The first kappa shape index (κ1) is 18.4. The number of morpholine rings is 1. The predicted molar refractivity (Wildman–Crippen MR) is 102 cm³/mol. The Morgan fingerprint density at radius 1 is 1.22 bits per heavy atom. The summed E-state index contributed by atoms with van der Waals surface area (Å²) in [5.41, 5.74) is 1.93. The number of carbonyl (C=O) groups excluding carboxylic acids is 2. The van der Waals surface area contributed by atoms with Gasteiger partial charge in [-0.2, -0.15) is 0 Å². The first-order valence-corrected chi connectivity index (χ1v) is 9.91. The molecule has 1 N–H and O–H groups in total. The fraction of sp³-hybridized carbons (Fsp3) is 0.619. The Kier molecular flexibility index (Phi) is 4.95. The van der Waals surface area contributed by atoms with E-state index in [0.29, 0.717) is 32.0 Å². The zero-order valence-electron chi connectivity index (χ0n) is 16.2. The molecule has 27 heavy (non-hydrogen) atoms. The highest BCUT2D eigenvalue weighted by Crippen LogP contribution is 2.36. The van der Waals surface area contributed by atoms with Crippen LogP contribution in [0, 0.1) is 12.8 Å². The molecule has 6 heteroatoms. The predicted octanol–water partition coefficient (Wildman–Crippen LogP) is 0.975. The van der Waals surface area contributed by atoms with Crippen LogP contribution in [0.4, 0.5) is 0 Å². The van der Waals surface area contributed by atoms with Gasteiger partial charge in [0.15, 0.2) is 0 Å². The largest absolute Gasteiger partial charge is 0.368 e. The zero-order valence-corrected chi connectivity index (χ0v) is 16.2. The van der Waals surface area contributed by atoms with Gasteiger partial charge in [-0.15, -0.1) is 0 Å². The minimum absolute atomic E-state index is 0.0253. The van der Waals surface area contributed by atoms with E-state index in [2.05, 4.69) is 10.2 Å². The number of nitrogens with zero attached hydrogens (tertiary/aromatic N) is 2. The Morgan fingerprint density at radius 3 is 2.63 bits per heavy atom. The summed E-state index contributed by atoms with van der Waals surface area (Å²) in [5, 5.41) is 2.76. The zero-order chi connectivity index (χ0) is 19.0. The van der Waals surface area contributed by atoms with Crippen molar-refractivity contribution in [3.63, 3.8) is 0 Å². The van der Waals surface area contributed by atoms with Crippen molar-refractivity contribution in [3.05, 3.63) is 35.4 Å². The second-order valence-electron chi connectivity index (χ2n) is 8.35. The summed E-state index contributed by atoms with van der Waals surface area (Å²) in [6, 6.07) is 7.82. The van der Waals surface area contributed by atoms with Gasteiger partial charge in [-0.1, -0.05) is 24.3 Å². The highest BCUT2D eigenvalue weighted by molar-refractivity contribution is 5.82. The van der Waals surface area contributed by atoms with Crippen molar-refractivity contribution < 1.29 is 14.3 Å². The number of ether oxygens (including phenoxy) is 1. The van der Waals surface area contributed by atoms with Gasteiger partial charge < -0.3 is 15.0 Å². The number of hydrogen-bond acceptors (Lipinski definition) is 4. The topological polar surface area (TPSA) is 61.9 Å². The van der Waals surface area contributed by atoms with Crippen LogP contribution in [0.3, 0.4) is 0 Å². The Labute approximate surface area is 160 Å². The lowest BCUT2D eigenvalue weighted by Crippen LogP contribution is -2.73. The second-order valence-corrected chi connectivity index (χ2v) is 8.35. The molecule has 2 heterocycles. The van der Waals surface area contributed by atoms with E-state index in [4.69, 9.17) is 4.74 Å². The fourth-order valence-electron chi connectivity index (χ4n) is 4.22. The molecule has 6 nitrogen and oxygen atoms in total. The third-order valence-corrected chi connectivity index (χ3v) is 6.13. The number of hydrogen-bond donors (Lipinski definition) is 1. The van der Waals surface area contributed by atoms with Crippen LogP contribution in [0.2, 0.25) is 0 Å². The van der Waals surface area contributed by atoms with E-state index < -0.39 is 0 Å². The van der Waals surface area contributed by atoms with Crippen LogP contribution >= 0.6 is 0 Å². The molecule has 2 aliphatic heterocycles. The molecular weight excluding hydrogens is 342 g/mol. The lowest BCUT2D eigenvalue weighted by molar-refractivity contribution is -0.204. The lowest BCUT2D eigenvalue weighted by Gasteiger charge is -2.55. The van der Waals surface area contributed by atoms with Gasteiger partial charge in [0, 0.05) is 20.1 Å². The van der Waals surface area contributed by atoms with Crippen molar-refractivity contribution in [1.82, 2.24) is 15.1 Å². The third kappa shape index (κ3) is 3.87. The smallest absolute Gasteiger partial charge is 0.239 e. The van der Waals surface area contributed by atoms with E-state index in [9.17, 15) is 9.59 Å². The molecule has 146 valence electrons. The van der Waals surface area contributed by atoms with E-state index in [0.717, 1.165) is 24.2 Å². The van der Waals surface area contributed by atoms with Gasteiger partial charge in [0.05, 0.1) is 26.1 Å². The number of amides is 2. The standard InChI is InChI=1S/C21H29N3O3/c1-15-5-3-4-6-17(15)9-19(25)24-13-21(14-24)12-23(10-16-7-8-16)18(11-27-21)20(26)22-2/h3-6,16,18H,7-14H2,1-2H3,(H,22,26). The van der Waals surface area contributed by atoms with Gasteiger partial charge in [-0.25, -0.2) is 0 Å². The van der Waals surface area contributed by atoms with Gasteiger partial charge in [0.1, 0.15) is 11.6 Å². The van der Waals surface area contributed by atoms with Crippen LogP contribution in [-0.2, 0) is 20.7 Å². The average molecular weight is 371 g/mol. The second kappa shape index (κ2) is 7.24. The molecule has 1 unspecified atom stereocenters. The number of likely N-dealkylation sites (N-methyl/N-ethyl adjacent to an activating group) is 1. The number of rotatable bonds is 5. The molecule has 0 bridgehead atoms. The first-order chi connectivity index (χ1) is 13.0. The highest BCUT2D eigenvalue weighted by atomic mass is 16.5. The number of carbonyl (C=O) groups is 2. The van der Waals surface area contributed by atoms with Gasteiger partial charge in [0.25, 0.3) is 0 Å². The molecule has 2 amide bonds. The van der Waals surface area contributed by atoms with Crippen LogP contribution in [-0.4, -0.2) is 73.1 Å². The van der Waals surface area contributed by atoms with Crippen molar-refractivity contribution in [2.75, 3.05) is 39.8 Å². The molecule has 3 aliphatic rings. The molecule has 1 aliphatic carbocycles. The van der Waals surface area contributed by atoms with E-state index in [-0.39, 0.29) is 23.5 Å². The van der Waals surface area contributed by atoms with Crippen LogP contribution < -0.4 is 5.32 Å². The van der Waals surface area contributed by atoms with Crippen molar-refractivity contribution in [2.24, 2.45) is 5.92 Å². The van der Waals surface area contributed by atoms with Crippen molar-refractivity contribution >= 4 is 11.8 Å². The number of nitrogens with one attached hydrogen (secondary N) is 1. The maximum absolute atomic E-state index is 12.7. The Bertz CT molecular complexity index is 725.